The fourth-order valence-corrected chi connectivity index (χ4v) is 5.39. The van der Waals surface area contributed by atoms with E-state index in [1.807, 2.05) is 36.4 Å². The molecule has 0 radical (unpaired) electrons. The average molecular weight is 686 g/mol. The Bertz CT molecular complexity index is 1800. The minimum atomic E-state index is -0.994. The normalized spacial score (nSPS) is 11.0. The number of amides is 1. The quantitative estimate of drug-likeness (QED) is 0.0928. The molecule has 0 fully saturated rings. The van der Waals surface area contributed by atoms with E-state index < -0.39 is 5.97 Å². The highest BCUT2D eigenvalue weighted by Crippen LogP contribution is 2.34. The zero-order valence-corrected chi connectivity index (χ0v) is 25.6. The fraction of sp³-hybridized carbons (Fsp3) is 0.0882. The van der Waals surface area contributed by atoms with E-state index in [1.54, 1.807) is 36.4 Å². The first-order valence-corrected chi connectivity index (χ1v) is 14.4. The van der Waals surface area contributed by atoms with E-state index in [4.69, 9.17) is 9.47 Å². The number of benzene rings is 4. The number of carbonyl (C=O) groups is 2. The molecule has 0 spiro atoms. The third kappa shape index (κ3) is 6.95. The minimum absolute atomic E-state index is 0.174. The predicted molar refractivity (Wildman–Crippen MR) is 174 cm³/mol. The number of ether oxygens (including phenoxy) is 2. The highest BCUT2D eigenvalue weighted by Gasteiger charge is 2.14. The standard InChI is InChI=1S/C34H28IN3O5/c1-22-11-16-30(25-8-4-3-5-9-25)38(22)28-14-12-26(13-15-28)33(39)37-36-20-24-18-29(35)32(31(19-24)42-2)43-21-23-7-6-10-27(17-23)34(40)41/h3-20H,21H2,1-2H3,(H,37,39)(H,40,41)/b36-20+. The topological polar surface area (TPSA) is 102 Å². The summed E-state index contributed by atoms with van der Waals surface area (Å²) in [6, 6.07) is 31.9. The molecule has 5 aromatic rings. The Balaban J connectivity index is 1.25. The lowest BCUT2D eigenvalue weighted by atomic mass is 10.1. The summed E-state index contributed by atoms with van der Waals surface area (Å²) < 4.78 is 14.4. The SMILES string of the molecule is COc1cc(/C=N/NC(=O)c2ccc(-n3c(C)ccc3-c3ccccc3)cc2)cc(I)c1OCc1cccc(C(=O)O)c1. The maximum atomic E-state index is 12.8. The number of carbonyl (C=O) groups excluding carboxylic acids is 1. The number of aromatic carboxylic acids is 1. The molecule has 4 aromatic carbocycles. The van der Waals surface area contributed by atoms with Gasteiger partial charge in [-0.05, 0) is 107 Å². The molecule has 9 heteroatoms. The van der Waals surface area contributed by atoms with Crippen LogP contribution >= 0.6 is 22.6 Å². The highest BCUT2D eigenvalue weighted by molar-refractivity contribution is 14.1. The van der Waals surface area contributed by atoms with E-state index >= 15 is 0 Å². The molecule has 8 nitrogen and oxygen atoms in total. The monoisotopic (exact) mass is 685 g/mol. The number of halogens is 1. The van der Waals surface area contributed by atoms with Gasteiger partial charge in [-0.15, -0.1) is 0 Å². The van der Waals surface area contributed by atoms with Gasteiger partial charge < -0.3 is 19.1 Å². The van der Waals surface area contributed by atoms with Crippen molar-refractivity contribution in [2.75, 3.05) is 7.11 Å². The van der Waals surface area contributed by atoms with Crippen molar-refractivity contribution in [3.8, 4) is 28.4 Å². The number of methoxy groups -OCH3 is 1. The molecule has 0 atom stereocenters. The first-order chi connectivity index (χ1) is 20.8. The van der Waals surface area contributed by atoms with Crippen LogP contribution in [0.4, 0.5) is 0 Å². The molecule has 1 amide bonds. The number of aromatic nitrogens is 1. The molecule has 2 N–H and O–H groups in total. The lowest BCUT2D eigenvalue weighted by molar-refractivity contribution is 0.0696. The van der Waals surface area contributed by atoms with E-state index in [0.29, 0.717) is 22.6 Å². The molecule has 216 valence electrons. The zero-order chi connectivity index (χ0) is 30.3. The molecule has 0 saturated heterocycles. The van der Waals surface area contributed by atoms with Crippen molar-refractivity contribution < 1.29 is 24.2 Å². The Morgan fingerprint density at radius 2 is 1.70 bits per heavy atom. The largest absolute Gasteiger partial charge is 0.493 e. The van der Waals surface area contributed by atoms with Crippen LogP contribution in [-0.4, -0.2) is 34.9 Å². The second-order valence-electron chi connectivity index (χ2n) is 9.64. The van der Waals surface area contributed by atoms with Crippen molar-refractivity contribution in [2.45, 2.75) is 13.5 Å². The number of nitrogens with zero attached hydrogens (tertiary/aromatic N) is 2. The molecule has 1 aromatic heterocycles. The maximum absolute atomic E-state index is 12.8. The summed E-state index contributed by atoms with van der Waals surface area (Å²) in [5, 5.41) is 13.4. The molecule has 0 aliphatic carbocycles. The number of hydrazone groups is 1. The van der Waals surface area contributed by atoms with E-state index in [1.165, 1.54) is 19.4 Å². The number of rotatable bonds is 10. The van der Waals surface area contributed by atoms with Gasteiger partial charge in [-0.1, -0.05) is 42.5 Å². The second-order valence-corrected chi connectivity index (χ2v) is 10.8. The Morgan fingerprint density at radius 1 is 0.930 bits per heavy atom. The molecule has 43 heavy (non-hydrogen) atoms. The van der Waals surface area contributed by atoms with Crippen LogP contribution in [0.5, 0.6) is 11.5 Å². The number of hydrogen-bond acceptors (Lipinski definition) is 5. The smallest absolute Gasteiger partial charge is 0.335 e. The first kappa shape index (κ1) is 29.6. The Kier molecular flexibility index (Phi) is 9.21. The summed E-state index contributed by atoms with van der Waals surface area (Å²) in [6.45, 7) is 2.23. The number of nitrogens with one attached hydrogen (secondary N) is 1. The van der Waals surface area contributed by atoms with Crippen LogP contribution in [0.3, 0.4) is 0 Å². The summed E-state index contributed by atoms with van der Waals surface area (Å²) >= 11 is 2.13. The Morgan fingerprint density at radius 3 is 2.42 bits per heavy atom. The lowest BCUT2D eigenvalue weighted by Gasteiger charge is -2.14. The molecule has 1 heterocycles. The average Bonchev–Trinajstić information content (AvgIpc) is 3.42. The third-order valence-electron chi connectivity index (χ3n) is 6.72. The Hall–Kier alpha value is -4.90. The summed E-state index contributed by atoms with van der Waals surface area (Å²) in [5.74, 6) is -0.315. The van der Waals surface area contributed by atoms with Gasteiger partial charge in [-0.2, -0.15) is 5.10 Å². The van der Waals surface area contributed by atoms with Gasteiger partial charge in [-0.25, -0.2) is 10.2 Å². The highest BCUT2D eigenvalue weighted by atomic mass is 127. The van der Waals surface area contributed by atoms with Crippen LogP contribution in [-0.2, 0) is 6.61 Å². The van der Waals surface area contributed by atoms with Crippen molar-refractivity contribution >= 4 is 40.7 Å². The molecule has 0 aliphatic rings. The van der Waals surface area contributed by atoms with E-state index in [2.05, 4.69) is 68.9 Å². The van der Waals surface area contributed by atoms with Gasteiger partial charge in [0.1, 0.15) is 6.61 Å². The zero-order valence-electron chi connectivity index (χ0n) is 23.5. The molecule has 5 rings (SSSR count). The van der Waals surface area contributed by atoms with Crippen molar-refractivity contribution in [3.63, 3.8) is 0 Å². The number of aryl methyl sites for hydroxylation is 1. The molecular weight excluding hydrogens is 657 g/mol. The van der Waals surface area contributed by atoms with Crippen molar-refractivity contribution in [1.82, 2.24) is 9.99 Å². The van der Waals surface area contributed by atoms with Crippen LogP contribution in [0.2, 0.25) is 0 Å². The third-order valence-corrected chi connectivity index (χ3v) is 7.52. The summed E-state index contributed by atoms with van der Waals surface area (Å²) in [4.78, 5) is 24.1. The summed E-state index contributed by atoms with van der Waals surface area (Å²) in [5.41, 5.74) is 8.93. The van der Waals surface area contributed by atoms with Gasteiger partial charge >= 0.3 is 5.97 Å². The van der Waals surface area contributed by atoms with Crippen LogP contribution < -0.4 is 14.9 Å². The number of carboxylic acid groups (broad SMARTS) is 1. The van der Waals surface area contributed by atoms with Crippen molar-refractivity contribution in [2.24, 2.45) is 5.10 Å². The maximum Gasteiger partial charge on any atom is 0.335 e. The van der Waals surface area contributed by atoms with Gasteiger partial charge in [-0.3, -0.25) is 4.79 Å². The van der Waals surface area contributed by atoms with Crippen LogP contribution in [0.1, 0.15) is 37.5 Å². The second kappa shape index (κ2) is 13.4. The van der Waals surface area contributed by atoms with Gasteiger partial charge in [0.2, 0.25) is 0 Å². The van der Waals surface area contributed by atoms with Crippen molar-refractivity contribution in [1.29, 1.82) is 0 Å². The molecule has 0 unspecified atom stereocenters. The van der Waals surface area contributed by atoms with Gasteiger partial charge in [0.05, 0.1) is 28.2 Å². The van der Waals surface area contributed by atoms with E-state index in [0.717, 1.165) is 31.8 Å². The predicted octanol–water partition coefficient (Wildman–Crippen LogP) is 7.11. The molecule has 0 bridgehead atoms. The van der Waals surface area contributed by atoms with Crippen LogP contribution in [0.25, 0.3) is 16.9 Å². The molecule has 0 aliphatic heterocycles. The van der Waals surface area contributed by atoms with Gasteiger partial charge in [0, 0.05) is 16.9 Å². The van der Waals surface area contributed by atoms with Gasteiger partial charge in [0.25, 0.3) is 5.91 Å². The van der Waals surface area contributed by atoms with Crippen LogP contribution in [0, 0.1) is 10.5 Å². The lowest BCUT2D eigenvalue weighted by Crippen LogP contribution is -2.17. The number of carboxylic acids is 1. The number of hydrogen-bond donors (Lipinski definition) is 2. The minimum Gasteiger partial charge on any atom is -0.493 e. The van der Waals surface area contributed by atoms with Gasteiger partial charge in [0.15, 0.2) is 11.5 Å². The van der Waals surface area contributed by atoms with Crippen molar-refractivity contribution in [3.05, 3.63) is 135 Å². The van der Waals surface area contributed by atoms with E-state index in [-0.39, 0.29) is 18.1 Å². The summed E-state index contributed by atoms with van der Waals surface area (Å²) in [7, 11) is 1.54. The summed E-state index contributed by atoms with van der Waals surface area (Å²) in [6.07, 6.45) is 1.53. The van der Waals surface area contributed by atoms with Crippen LogP contribution in [0.15, 0.2) is 108 Å². The fourth-order valence-electron chi connectivity index (χ4n) is 4.61. The van der Waals surface area contributed by atoms with E-state index in [9.17, 15) is 14.7 Å². The molecule has 0 saturated carbocycles. The Labute approximate surface area is 262 Å². The first-order valence-electron chi connectivity index (χ1n) is 13.3. The molecular formula is C34H28IN3O5.